The lowest BCUT2D eigenvalue weighted by Gasteiger charge is -2.11. The first-order chi connectivity index (χ1) is 13.5. The number of aromatic nitrogens is 6. The predicted octanol–water partition coefficient (Wildman–Crippen LogP) is 2.74. The smallest absolute Gasteiger partial charge is 0.224 e. The van der Waals surface area contributed by atoms with E-state index < -0.39 is 0 Å². The van der Waals surface area contributed by atoms with Gasteiger partial charge in [-0.05, 0) is 44.9 Å². The van der Waals surface area contributed by atoms with E-state index in [9.17, 15) is 0 Å². The molecule has 0 saturated heterocycles. The van der Waals surface area contributed by atoms with Gasteiger partial charge >= 0.3 is 0 Å². The molecular formula is C19H22N8S. The fraction of sp³-hybridized carbons (Fsp3) is 0.316. The van der Waals surface area contributed by atoms with Crippen LogP contribution in [0.5, 0.6) is 0 Å². The van der Waals surface area contributed by atoms with Gasteiger partial charge in [0.25, 0.3) is 0 Å². The van der Waals surface area contributed by atoms with E-state index in [2.05, 4.69) is 36.4 Å². The molecule has 0 aliphatic rings. The van der Waals surface area contributed by atoms with Crippen molar-refractivity contribution in [1.29, 1.82) is 0 Å². The van der Waals surface area contributed by atoms with Crippen molar-refractivity contribution in [3.63, 3.8) is 0 Å². The van der Waals surface area contributed by atoms with Gasteiger partial charge in [0.1, 0.15) is 10.5 Å². The zero-order chi connectivity index (χ0) is 19.7. The van der Waals surface area contributed by atoms with Crippen LogP contribution < -0.4 is 5.32 Å². The Morgan fingerprint density at radius 2 is 1.93 bits per heavy atom. The number of benzene rings is 1. The number of para-hydroxylation sites is 1. The summed E-state index contributed by atoms with van der Waals surface area (Å²) in [5.41, 5.74) is 3.61. The number of hydrogen-bond donors (Lipinski definition) is 1. The first-order valence-corrected chi connectivity index (χ1v) is 9.83. The van der Waals surface area contributed by atoms with Gasteiger partial charge in [-0.25, -0.2) is 15.0 Å². The lowest BCUT2D eigenvalue weighted by Crippen LogP contribution is -2.21. The number of aryl methyl sites for hydroxylation is 2. The SMILES string of the molecule is Cc1cc(Sc2nnc3c4ccccc4n(C)c3n2)nc(NCCN(C)C)n1. The zero-order valence-corrected chi connectivity index (χ0v) is 17.2. The molecule has 0 aliphatic heterocycles. The fourth-order valence-electron chi connectivity index (χ4n) is 2.99. The highest BCUT2D eigenvalue weighted by atomic mass is 32.2. The standard InChI is InChI=1S/C19H22N8S/c1-12-11-15(22-18(21-12)20-9-10-26(2)3)28-19-23-17-16(24-25-19)13-7-5-6-8-14(13)27(17)4/h5-8,11H,9-10H2,1-4H3,(H,20,21,22). The van der Waals surface area contributed by atoms with E-state index in [1.54, 1.807) is 0 Å². The number of nitrogens with zero attached hydrogens (tertiary/aromatic N) is 7. The van der Waals surface area contributed by atoms with E-state index in [0.29, 0.717) is 11.1 Å². The number of hydrogen-bond acceptors (Lipinski definition) is 8. The van der Waals surface area contributed by atoms with E-state index in [0.717, 1.165) is 45.9 Å². The van der Waals surface area contributed by atoms with E-state index in [1.807, 2.05) is 56.9 Å². The molecule has 0 amide bonds. The molecule has 9 heteroatoms. The van der Waals surface area contributed by atoms with Gasteiger partial charge in [0.05, 0.1) is 5.52 Å². The monoisotopic (exact) mass is 394 g/mol. The molecule has 8 nitrogen and oxygen atoms in total. The van der Waals surface area contributed by atoms with Gasteiger partial charge in [-0.1, -0.05) is 18.2 Å². The third-order valence-corrected chi connectivity index (χ3v) is 5.13. The van der Waals surface area contributed by atoms with Gasteiger partial charge in [0.2, 0.25) is 11.1 Å². The maximum atomic E-state index is 4.72. The number of nitrogens with one attached hydrogen (secondary N) is 1. The summed E-state index contributed by atoms with van der Waals surface area (Å²) in [6.07, 6.45) is 0. The third-order valence-electron chi connectivity index (χ3n) is 4.36. The summed E-state index contributed by atoms with van der Waals surface area (Å²) in [6, 6.07) is 10.0. The molecule has 1 N–H and O–H groups in total. The molecule has 1 aromatic carbocycles. The summed E-state index contributed by atoms with van der Waals surface area (Å²) in [5.74, 6) is 0.614. The molecule has 3 aromatic heterocycles. The molecule has 0 radical (unpaired) electrons. The molecule has 0 unspecified atom stereocenters. The highest BCUT2D eigenvalue weighted by Crippen LogP contribution is 2.28. The fourth-order valence-corrected chi connectivity index (χ4v) is 3.75. The molecule has 0 atom stereocenters. The summed E-state index contributed by atoms with van der Waals surface area (Å²) >= 11 is 1.39. The van der Waals surface area contributed by atoms with Crippen LogP contribution in [0, 0.1) is 6.92 Å². The van der Waals surface area contributed by atoms with Gasteiger partial charge in [-0.15, -0.1) is 10.2 Å². The lowest BCUT2D eigenvalue weighted by molar-refractivity contribution is 0.425. The normalized spacial score (nSPS) is 11.6. The molecule has 0 spiro atoms. The van der Waals surface area contributed by atoms with Gasteiger partial charge in [0.15, 0.2) is 5.65 Å². The molecule has 0 saturated carbocycles. The summed E-state index contributed by atoms with van der Waals surface area (Å²) in [6.45, 7) is 3.64. The van der Waals surface area contributed by atoms with Gasteiger partial charge in [-0.2, -0.15) is 0 Å². The molecule has 0 bridgehead atoms. The first-order valence-electron chi connectivity index (χ1n) is 9.01. The zero-order valence-electron chi connectivity index (χ0n) is 16.3. The molecule has 3 heterocycles. The summed E-state index contributed by atoms with van der Waals surface area (Å²) in [4.78, 5) is 15.9. The molecule has 28 heavy (non-hydrogen) atoms. The van der Waals surface area contributed by atoms with E-state index in [4.69, 9.17) is 4.98 Å². The quantitative estimate of drug-likeness (QED) is 0.500. The topological polar surface area (TPSA) is 84.6 Å². The average molecular weight is 395 g/mol. The van der Waals surface area contributed by atoms with Crippen LogP contribution in [-0.2, 0) is 7.05 Å². The average Bonchev–Trinajstić information content (AvgIpc) is 2.94. The maximum Gasteiger partial charge on any atom is 0.224 e. The van der Waals surface area contributed by atoms with Crippen LogP contribution in [0.25, 0.3) is 22.1 Å². The summed E-state index contributed by atoms with van der Waals surface area (Å²) < 4.78 is 2.04. The van der Waals surface area contributed by atoms with Crippen LogP contribution in [0.15, 0.2) is 40.5 Å². The van der Waals surface area contributed by atoms with Crippen molar-refractivity contribution in [2.75, 3.05) is 32.5 Å². The number of likely N-dealkylation sites (N-methyl/N-ethyl adjacent to an activating group) is 1. The predicted molar refractivity (Wildman–Crippen MR) is 112 cm³/mol. The van der Waals surface area contributed by atoms with Crippen LogP contribution in [0.2, 0.25) is 0 Å². The van der Waals surface area contributed by atoms with E-state index in [1.165, 1.54) is 11.8 Å². The van der Waals surface area contributed by atoms with Crippen molar-refractivity contribution < 1.29 is 0 Å². The minimum Gasteiger partial charge on any atom is -0.353 e. The Bertz CT molecular complexity index is 1140. The second-order valence-corrected chi connectivity index (χ2v) is 7.83. The minimum absolute atomic E-state index is 0.566. The Morgan fingerprint density at radius 1 is 1.11 bits per heavy atom. The Morgan fingerprint density at radius 3 is 2.75 bits per heavy atom. The molecule has 144 valence electrons. The molecular weight excluding hydrogens is 372 g/mol. The number of anilines is 1. The van der Waals surface area contributed by atoms with E-state index in [-0.39, 0.29) is 0 Å². The maximum absolute atomic E-state index is 4.72. The number of rotatable bonds is 6. The Kier molecular flexibility index (Phi) is 5.10. The first kappa shape index (κ1) is 18.6. The molecule has 4 aromatic rings. The van der Waals surface area contributed by atoms with Crippen molar-refractivity contribution in [2.45, 2.75) is 17.1 Å². The Hall–Kier alpha value is -2.78. The largest absolute Gasteiger partial charge is 0.353 e. The Labute approximate surface area is 167 Å². The van der Waals surface area contributed by atoms with E-state index >= 15 is 0 Å². The highest BCUT2D eigenvalue weighted by molar-refractivity contribution is 7.99. The molecule has 0 aliphatic carbocycles. The van der Waals surface area contributed by atoms with Crippen LogP contribution in [-0.4, -0.2) is 61.8 Å². The second kappa shape index (κ2) is 7.69. The van der Waals surface area contributed by atoms with Crippen LogP contribution in [0.1, 0.15) is 5.69 Å². The Balaban J connectivity index is 1.62. The molecule has 0 fully saturated rings. The van der Waals surface area contributed by atoms with Gasteiger partial charge < -0.3 is 14.8 Å². The van der Waals surface area contributed by atoms with Crippen molar-refractivity contribution in [2.24, 2.45) is 7.05 Å². The summed E-state index contributed by atoms with van der Waals surface area (Å²) in [7, 11) is 6.07. The summed E-state index contributed by atoms with van der Waals surface area (Å²) in [5, 5.41) is 14.4. The number of fused-ring (bicyclic) bond motifs is 3. The van der Waals surface area contributed by atoms with Crippen LogP contribution in [0.3, 0.4) is 0 Å². The van der Waals surface area contributed by atoms with Gasteiger partial charge in [0, 0.05) is 31.2 Å². The minimum atomic E-state index is 0.566. The van der Waals surface area contributed by atoms with Crippen LogP contribution in [0.4, 0.5) is 5.95 Å². The van der Waals surface area contributed by atoms with Crippen molar-refractivity contribution in [1.82, 2.24) is 34.6 Å². The highest BCUT2D eigenvalue weighted by Gasteiger charge is 2.13. The lowest BCUT2D eigenvalue weighted by atomic mass is 10.2. The van der Waals surface area contributed by atoms with Crippen LogP contribution >= 0.6 is 11.8 Å². The third kappa shape index (κ3) is 3.76. The molecule has 4 rings (SSSR count). The van der Waals surface area contributed by atoms with Gasteiger partial charge in [-0.3, -0.25) is 0 Å². The van der Waals surface area contributed by atoms with Crippen molar-refractivity contribution in [3.05, 3.63) is 36.0 Å². The second-order valence-electron chi connectivity index (χ2n) is 6.85. The van der Waals surface area contributed by atoms with Crippen molar-refractivity contribution in [3.8, 4) is 0 Å². The van der Waals surface area contributed by atoms with Crippen molar-refractivity contribution >= 4 is 39.8 Å².